The molecule has 0 atom stereocenters. The van der Waals surface area contributed by atoms with Crippen LogP contribution in [0.2, 0.25) is 5.02 Å². The summed E-state index contributed by atoms with van der Waals surface area (Å²) in [6, 6.07) is 17.5. The maximum absolute atomic E-state index is 12.8. The first-order valence-corrected chi connectivity index (χ1v) is 9.56. The van der Waals surface area contributed by atoms with E-state index < -0.39 is 18.5 Å². The lowest BCUT2D eigenvalue weighted by Crippen LogP contribution is -2.21. The zero-order valence-electron chi connectivity index (χ0n) is 16.0. The Morgan fingerprint density at radius 1 is 1.10 bits per heavy atom. The van der Waals surface area contributed by atoms with Crippen molar-refractivity contribution >= 4 is 40.1 Å². The monoisotopic (exact) mass is 420 g/mol. The van der Waals surface area contributed by atoms with E-state index in [-0.39, 0.29) is 0 Å². The minimum Gasteiger partial charge on any atom is -0.463 e. The number of hydrogen-bond acceptors (Lipinski definition) is 5. The molecule has 0 unspecified atom stereocenters. The number of benzene rings is 2. The molecular weight excluding hydrogens is 404 g/mol. The summed E-state index contributed by atoms with van der Waals surface area (Å²) in [5.41, 5.74) is 2.74. The van der Waals surface area contributed by atoms with E-state index in [0.717, 1.165) is 5.56 Å². The third kappa shape index (κ3) is 4.04. The highest BCUT2D eigenvalue weighted by molar-refractivity contribution is 6.31. The standard InChI is InChI=1S/C23H17ClN2O4/c1-14-17(24)7-4-9-18(14)26-22(27)13-30-23(28)16-12-20(21-10-5-11-29-21)25-19-8-3-2-6-15(16)19/h2-12H,13H2,1H3,(H,26,27). The number of rotatable bonds is 5. The van der Waals surface area contributed by atoms with Gasteiger partial charge in [-0.15, -0.1) is 0 Å². The molecular formula is C23H17ClN2O4. The molecule has 7 heteroatoms. The van der Waals surface area contributed by atoms with Crippen LogP contribution in [0.3, 0.4) is 0 Å². The number of pyridine rings is 1. The zero-order valence-corrected chi connectivity index (χ0v) is 16.8. The second kappa shape index (κ2) is 8.39. The van der Waals surface area contributed by atoms with Gasteiger partial charge >= 0.3 is 5.97 Å². The van der Waals surface area contributed by atoms with Gasteiger partial charge in [0.2, 0.25) is 0 Å². The van der Waals surface area contributed by atoms with Crippen molar-refractivity contribution in [3.05, 3.63) is 83.1 Å². The Bertz CT molecular complexity index is 1240. The Morgan fingerprint density at radius 2 is 1.93 bits per heavy atom. The van der Waals surface area contributed by atoms with Crippen LogP contribution >= 0.6 is 11.6 Å². The predicted molar refractivity (Wildman–Crippen MR) is 115 cm³/mol. The van der Waals surface area contributed by atoms with Crippen molar-refractivity contribution < 1.29 is 18.7 Å². The highest BCUT2D eigenvalue weighted by Crippen LogP contribution is 2.26. The van der Waals surface area contributed by atoms with Crippen LogP contribution in [-0.4, -0.2) is 23.5 Å². The van der Waals surface area contributed by atoms with Crippen molar-refractivity contribution in [2.24, 2.45) is 0 Å². The molecule has 30 heavy (non-hydrogen) atoms. The van der Waals surface area contributed by atoms with Crippen LogP contribution in [0.5, 0.6) is 0 Å². The molecule has 0 aliphatic carbocycles. The van der Waals surface area contributed by atoms with Crippen LogP contribution in [0.15, 0.2) is 71.3 Å². The molecule has 0 fully saturated rings. The van der Waals surface area contributed by atoms with E-state index in [9.17, 15) is 9.59 Å². The van der Waals surface area contributed by atoms with Crippen molar-refractivity contribution in [2.45, 2.75) is 6.92 Å². The number of furan rings is 1. The summed E-state index contributed by atoms with van der Waals surface area (Å²) in [5, 5.41) is 3.87. The molecule has 0 aliphatic rings. The number of fused-ring (bicyclic) bond motifs is 1. The summed E-state index contributed by atoms with van der Waals surface area (Å²) < 4.78 is 10.7. The van der Waals surface area contributed by atoms with E-state index in [1.807, 2.05) is 12.1 Å². The Labute approximate surface area is 177 Å². The molecule has 2 aromatic heterocycles. The molecule has 0 radical (unpaired) electrons. The fourth-order valence-electron chi connectivity index (χ4n) is 3.03. The Morgan fingerprint density at radius 3 is 2.73 bits per heavy atom. The number of amides is 1. The highest BCUT2D eigenvalue weighted by atomic mass is 35.5. The number of carbonyl (C=O) groups is 2. The van der Waals surface area contributed by atoms with Gasteiger partial charge in [-0.25, -0.2) is 9.78 Å². The first kappa shape index (κ1) is 19.7. The average Bonchev–Trinajstić information content (AvgIpc) is 3.29. The van der Waals surface area contributed by atoms with Gasteiger partial charge in [0.15, 0.2) is 12.4 Å². The molecule has 0 saturated heterocycles. The largest absolute Gasteiger partial charge is 0.463 e. The normalized spacial score (nSPS) is 10.7. The lowest BCUT2D eigenvalue weighted by atomic mass is 10.1. The number of carbonyl (C=O) groups excluding carboxylic acids is 2. The first-order valence-electron chi connectivity index (χ1n) is 9.18. The molecule has 0 bridgehead atoms. The van der Waals surface area contributed by atoms with Gasteiger partial charge in [0.1, 0.15) is 5.69 Å². The van der Waals surface area contributed by atoms with Gasteiger partial charge in [0.25, 0.3) is 5.91 Å². The lowest BCUT2D eigenvalue weighted by molar-refractivity contribution is -0.119. The molecule has 4 rings (SSSR count). The van der Waals surface area contributed by atoms with Gasteiger partial charge in [-0.1, -0.05) is 35.9 Å². The minimum atomic E-state index is -0.626. The van der Waals surface area contributed by atoms with Gasteiger partial charge in [-0.05, 0) is 48.9 Å². The van der Waals surface area contributed by atoms with E-state index in [1.165, 1.54) is 6.26 Å². The van der Waals surface area contributed by atoms with E-state index in [2.05, 4.69) is 10.3 Å². The van der Waals surface area contributed by atoms with Gasteiger partial charge in [-0.3, -0.25) is 4.79 Å². The molecule has 4 aromatic rings. The van der Waals surface area contributed by atoms with Gasteiger partial charge in [-0.2, -0.15) is 0 Å². The number of hydrogen-bond donors (Lipinski definition) is 1. The van der Waals surface area contributed by atoms with Crippen LogP contribution in [0.25, 0.3) is 22.4 Å². The van der Waals surface area contributed by atoms with Crippen LogP contribution in [-0.2, 0) is 9.53 Å². The van der Waals surface area contributed by atoms with Crippen molar-refractivity contribution in [1.82, 2.24) is 4.98 Å². The van der Waals surface area contributed by atoms with Gasteiger partial charge in [0, 0.05) is 16.1 Å². The van der Waals surface area contributed by atoms with Crippen LogP contribution in [0.4, 0.5) is 5.69 Å². The average molecular weight is 421 g/mol. The third-order valence-corrected chi connectivity index (χ3v) is 5.00. The number of nitrogens with one attached hydrogen (secondary N) is 1. The summed E-state index contributed by atoms with van der Waals surface area (Å²) in [7, 11) is 0. The fourth-order valence-corrected chi connectivity index (χ4v) is 3.21. The van der Waals surface area contributed by atoms with Crippen molar-refractivity contribution in [3.8, 4) is 11.5 Å². The number of nitrogens with zero attached hydrogens (tertiary/aromatic N) is 1. The topological polar surface area (TPSA) is 81.4 Å². The Balaban J connectivity index is 1.54. The Hall–Kier alpha value is -3.64. The second-order valence-electron chi connectivity index (χ2n) is 6.59. The van der Waals surface area contributed by atoms with Crippen LogP contribution in [0, 0.1) is 6.92 Å². The summed E-state index contributed by atoms with van der Waals surface area (Å²) in [5.74, 6) is -0.554. The lowest BCUT2D eigenvalue weighted by Gasteiger charge is -2.11. The molecule has 6 nitrogen and oxygen atoms in total. The Kier molecular flexibility index (Phi) is 5.50. The first-order chi connectivity index (χ1) is 14.5. The van der Waals surface area contributed by atoms with Crippen LogP contribution < -0.4 is 5.32 Å². The fraction of sp³-hybridized carbons (Fsp3) is 0.0870. The molecule has 2 heterocycles. The SMILES string of the molecule is Cc1c(Cl)cccc1NC(=O)COC(=O)c1cc(-c2ccco2)nc2ccccc12. The maximum Gasteiger partial charge on any atom is 0.339 e. The smallest absolute Gasteiger partial charge is 0.339 e. The quantitative estimate of drug-likeness (QED) is 0.446. The predicted octanol–water partition coefficient (Wildman–Crippen LogP) is 5.25. The van der Waals surface area contributed by atoms with Gasteiger partial charge in [0.05, 0.1) is 17.3 Å². The molecule has 2 aromatic carbocycles. The van der Waals surface area contributed by atoms with Crippen molar-refractivity contribution in [2.75, 3.05) is 11.9 Å². The van der Waals surface area contributed by atoms with E-state index in [0.29, 0.717) is 38.6 Å². The summed E-state index contributed by atoms with van der Waals surface area (Å²) in [6.45, 7) is 1.36. The number of anilines is 1. The van der Waals surface area contributed by atoms with Gasteiger partial charge < -0.3 is 14.5 Å². The van der Waals surface area contributed by atoms with E-state index in [4.69, 9.17) is 20.8 Å². The number of halogens is 1. The molecule has 0 aliphatic heterocycles. The molecule has 0 spiro atoms. The third-order valence-electron chi connectivity index (χ3n) is 4.59. The number of esters is 1. The summed E-state index contributed by atoms with van der Waals surface area (Å²) in [4.78, 5) is 29.6. The van der Waals surface area contributed by atoms with Crippen LogP contribution in [0.1, 0.15) is 15.9 Å². The van der Waals surface area contributed by atoms with Crippen molar-refractivity contribution in [1.29, 1.82) is 0 Å². The molecule has 1 N–H and O–H groups in total. The zero-order chi connectivity index (χ0) is 21.1. The molecule has 150 valence electrons. The molecule has 1 amide bonds. The molecule has 0 saturated carbocycles. The number of para-hydroxylation sites is 1. The number of aromatic nitrogens is 1. The van der Waals surface area contributed by atoms with Crippen molar-refractivity contribution in [3.63, 3.8) is 0 Å². The van der Waals surface area contributed by atoms with E-state index >= 15 is 0 Å². The second-order valence-corrected chi connectivity index (χ2v) is 6.99. The highest BCUT2D eigenvalue weighted by Gasteiger charge is 2.17. The summed E-state index contributed by atoms with van der Waals surface area (Å²) >= 11 is 6.07. The minimum absolute atomic E-state index is 0.304. The summed E-state index contributed by atoms with van der Waals surface area (Å²) in [6.07, 6.45) is 1.53. The maximum atomic E-state index is 12.8. The number of ether oxygens (including phenoxy) is 1. The van der Waals surface area contributed by atoms with E-state index in [1.54, 1.807) is 55.5 Å².